The van der Waals surface area contributed by atoms with Crippen LogP contribution in [0.15, 0.2) is 12.3 Å². The molecule has 100 valence electrons. The average Bonchev–Trinajstić information content (AvgIpc) is 3.01. The summed E-state index contributed by atoms with van der Waals surface area (Å²) < 4.78 is 30.9. The summed E-state index contributed by atoms with van der Waals surface area (Å²) in [5.41, 5.74) is 0.975. The minimum Gasteiger partial charge on any atom is -0.486 e. The van der Waals surface area contributed by atoms with E-state index in [9.17, 15) is 8.42 Å². The number of anilines is 1. The molecule has 0 aromatic carbocycles. The normalized spacial score (nSPS) is 15.8. The van der Waals surface area contributed by atoms with Crippen molar-refractivity contribution in [1.82, 2.24) is 4.98 Å². The van der Waals surface area contributed by atoms with Crippen molar-refractivity contribution in [3.63, 3.8) is 0 Å². The molecule has 5 nitrogen and oxygen atoms in total. The standard InChI is InChI=1S/C12H18N2O3S/c1-8(2)10-6-7-13-12(14-18(3,15)16)11(10)17-9-4-5-9/h6-9H,4-5H2,1-3H3,(H,13,14). The molecule has 1 heterocycles. The highest BCUT2D eigenvalue weighted by molar-refractivity contribution is 7.92. The maximum absolute atomic E-state index is 11.3. The number of rotatable bonds is 5. The van der Waals surface area contributed by atoms with Gasteiger partial charge in [0.2, 0.25) is 10.0 Å². The van der Waals surface area contributed by atoms with Gasteiger partial charge in [-0.1, -0.05) is 13.8 Å². The van der Waals surface area contributed by atoms with E-state index >= 15 is 0 Å². The van der Waals surface area contributed by atoms with Crippen LogP contribution in [0.5, 0.6) is 5.75 Å². The van der Waals surface area contributed by atoms with Crippen molar-refractivity contribution in [3.8, 4) is 5.75 Å². The van der Waals surface area contributed by atoms with Crippen LogP contribution >= 0.6 is 0 Å². The summed E-state index contributed by atoms with van der Waals surface area (Å²) in [6.07, 6.45) is 4.95. The predicted octanol–water partition coefficient (Wildman–Crippen LogP) is 2.12. The third-order valence-corrected chi connectivity index (χ3v) is 3.21. The van der Waals surface area contributed by atoms with E-state index in [4.69, 9.17) is 4.74 Å². The lowest BCUT2D eigenvalue weighted by atomic mass is 10.0. The largest absolute Gasteiger partial charge is 0.486 e. The predicted molar refractivity (Wildman–Crippen MR) is 70.4 cm³/mol. The second-order valence-corrected chi connectivity index (χ2v) is 6.67. The number of nitrogens with one attached hydrogen (secondary N) is 1. The molecule has 0 bridgehead atoms. The molecular weight excluding hydrogens is 252 g/mol. The summed E-state index contributed by atoms with van der Waals surface area (Å²) in [4.78, 5) is 4.07. The van der Waals surface area contributed by atoms with Crippen LogP contribution in [0.25, 0.3) is 0 Å². The Balaban J connectivity index is 2.39. The van der Waals surface area contributed by atoms with Crippen molar-refractivity contribution in [2.45, 2.75) is 38.7 Å². The van der Waals surface area contributed by atoms with Gasteiger partial charge in [0, 0.05) is 11.8 Å². The lowest BCUT2D eigenvalue weighted by Crippen LogP contribution is -2.14. The van der Waals surface area contributed by atoms with Gasteiger partial charge in [-0.2, -0.15) is 0 Å². The highest BCUT2D eigenvalue weighted by Gasteiger charge is 2.27. The zero-order valence-corrected chi connectivity index (χ0v) is 11.6. The maximum atomic E-state index is 11.3. The van der Waals surface area contributed by atoms with Crippen LogP contribution < -0.4 is 9.46 Å². The molecule has 0 atom stereocenters. The van der Waals surface area contributed by atoms with Crippen LogP contribution in [0.1, 0.15) is 38.2 Å². The third-order valence-electron chi connectivity index (χ3n) is 2.65. The first-order chi connectivity index (χ1) is 8.37. The van der Waals surface area contributed by atoms with E-state index in [0.29, 0.717) is 5.75 Å². The molecule has 0 unspecified atom stereocenters. The van der Waals surface area contributed by atoms with Gasteiger partial charge in [0.05, 0.1) is 12.4 Å². The molecule has 1 aliphatic carbocycles. The molecule has 1 saturated carbocycles. The molecule has 0 spiro atoms. The molecule has 1 aliphatic rings. The van der Waals surface area contributed by atoms with Crippen molar-refractivity contribution in [1.29, 1.82) is 0 Å². The Bertz CT molecular complexity index is 536. The summed E-state index contributed by atoms with van der Waals surface area (Å²) in [7, 11) is -3.35. The number of pyridine rings is 1. The number of sulfonamides is 1. The highest BCUT2D eigenvalue weighted by Crippen LogP contribution is 2.37. The van der Waals surface area contributed by atoms with Crippen molar-refractivity contribution in [3.05, 3.63) is 17.8 Å². The summed E-state index contributed by atoms with van der Waals surface area (Å²) in [6, 6.07) is 1.87. The second kappa shape index (κ2) is 4.76. The Hall–Kier alpha value is -1.30. The first-order valence-electron chi connectivity index (χ1n) is 6.00. The Morgan fingerprint density at radius 3 is 2.61 bits per heavy atom. The van der Waals surface area contributed by atoms with E-state index in [-0.39, 0.29) is 17.8 Å². The molecule has 1 fully saturated rings. The molecule has 2 rings (SSSR count). The number of hydrogen-bond acceptors (Lipinski definition) is 4. The number of aromatic nitrogens is 1. The van der Waals surface area contributed by atoms with Crippen molar-refractivity contribution in [2.75, 3.05) is 11.0 Å². The van der Waals surface area contributed by atoms with Gasteiger partial charge in [-0.05, 0) is 24.8 Å². The quantitative estimate of drug-likeness (QED) is 0.889. The Kier molecular flexibility index (Phi) is 3.47. The van der Waals surface area contributed by atoms with Gasteiger partial charge in [0.15, 0.2) is 11.6 Å². The molecule has 0 radical (unpaired) electrons. The van der Waals surface area contributed by atoms with Gasteiger partial charge in [0.1, 0.15) is 0 Å². The van der Waals surface area contributed by atoms with Crippen molar-refractivity contribution < 1.29 is 13.2 Å². The molecular formula is C12H18N2O3S. The molecule has 18 heavy (non-hydrogen) atoms. The van der Waals surface area contributed by atoms with Crippen molar-refractivity contribution >= 4 is 15.8 Å². The molecule has 6 heteroatoms. The van der Waals surface area contributed by atoms with Gasteiger partial charge in [0.25, 0.3) is 0 Å². The topological polar surface area (TPSA) is 68.3 Å². The van der Waals surface area contributed by atoms with Crippen LogP contribution in [0.4, 0.5) is 5.82 Å². The number of ether oxygens (including phenoxy) is 1. The summed E-state index contributed by atoms with van der Waals surface area (Å²) in [5, 5.41) is 0. The molecule has 1 aromatic heterocycles. The SMILES string of the molecule is CC(C)c1ccnc(NS(C)(=O)=O)c1OC1CC1. The highest BCUT2D eigenvalue weighted by atomic mass is 32.2. The second-order valence-electron chi connectivity index (χ2n) is 4.92. The zero-order valence-electron chi connectivity index (χ0n) is 10.8. The zero-order chi connectivity index (χ0) is 13.3. The summed E-state index contributed by atoms with van der Waals surface area (Å²) in [6.45, 7) is 4.08. The minimum atomic E-state index is -3.35. The van der Waals surface area contributed by atoms with Gasteiger partial charge < -0.3 is 4.74 Å². The van der Waals surface area contributed by atoms with Crippen molar-refractivity contribution in [2.24, 2.45) is 0 Å². The van der Waals surface area contributed by atoms with Gasteiger partial charge in [-0.3, -0.25) is 4.72 Å². The summed E-state index contributed by atoms with van der Waals surface area (Å²) in [5.74, 6) is 1.11. The molecule has 0 amide bonds. The van der Waals surface area contributed by atoms with E-state index in [1.807, 2.05) is 19.9 Å². The molecule has 0 aliphatic heterocycles. The van der Waals surface area contributed by atoms with E-state index < -0.39 is 10.0 Å². The van der Waals surface area contributed by atoms with Gasteiger partial charge in [-0.25, -0.2) is 13.4 Å². The number of nitrogens with zero attached hydrogens (tertiary/aromatic N) is 1. The maximum Gasteiger partial charge on any atom is 0.231 e. The Labute approximate surface area is 108 Å². The van der Waals surface area contributed by atoms with Crippen LogP contribution in [-0.2, 0) is 10.0 Å². The molecule has 1 aromatic rings. The first-order valence-corrected chi connectivity index (χ1v) is 7.89. The number of hydrogen-bond donors (Lipinski definition) is 1. The van der Waals surface area contributed by atoms with Gasteiger partial charge in [-0.15, -0.1) is 0 Å². The summed E-state index contributed by atoms with van der Waals surface area (Å²) >= 11 is 0. The fourth-order valence-corrected chi connectivity index (χ4v) is 2.14. The van der Waals surface area contributed by atoms with E-state index in [2.05, 4.69) is 9.71 Å². The fraction of sp³-hybridized carbons (Fsp3) is 0.583. The van der Waals surface area contributed by atoms with E-state index in [1.54, 1.807) is 6.20 Å². The lowest BCUT2D eigenvalue weighted by molar-refractivity contribution is 0.299. The Morgan fingerprint density at radius 2 is 2.11 bits per heavy atom. The van der Waals surface area contributed by atoms with Crippen LogP contribution in [-0.4, -0.2) is 25.8 Å². The lowest BCUT2D eigenvalue weighted by Gasteiger charge is -2.17. The Morgan fingerprint density at radius 1 is 1.44 bits per heavy atom. The van der Waals surface area contributed by atoms with Gasteiger partial charge >= 0.3 is 0 Å². The molecule has 1 N–H and O–H groups in total. The first kappa shape index (κ1) is 13.1. The van der Waals surface area contributed by atoms with Crippen LogP contribution in [0.2, 0.25) is 0 Å². The van der Waals surface area contributed by atoms with Crippen LogP contribution in [0, 0.1) is 0 Å². The fourth-order valence-electron chi connectivity index (χ4n) is 1.64. The van der Waals surface area contributed by atoms with E-state index in [0.717, 1.165) is 24.7 Å². The molecule has 0 saturated heterocycles. The van der Waals surface area contributed by atoms with E-state index in [1.165, 1.54) is 0 Å². The average molecular weight is 270 g/mol. The minimum absolute atomic E-state index is 0.201. The van der Waals surface area contributed by atoms with Crippen LogP contribution in [0.3, 0.4) is 0 Å². The smallest absolute Gasteiger partial charge is 0.231 e. The third kappa shape index (κ3) is 3.35. The monoisotopic (exact) mass is 270 g/mol.